The molecular formula is C11H15F3N2O. The molecule has 1 unspecified atom stereocenters. The van der Waals surface area contributed by atoms with Crippen molar-refractivity contribution in [1.82, 2.24) is 5.43 Å². The fraction of sp³-hybridized carbons (Fsp3) is 0.455. The van der Waals surface area contributed by atoms with E-state index in [4.69, 9.17) is 10.6 Å². The zero-order valence-electron chi connectivity index (χ0n) is 9.42. The van der Waals surface area contributed by atoms with E-state index in [2.05, 4.69) is 5.43 Å². The first-order valence-electron chi connectivity index (χ1n) is 5.13. The Morgan fingerprint density at radius 1 is 1.35 bits per heavy atom. The quantitative estimate of drug-likeness (QED) is 0.622. The van der Waals surface area contributed by atoms with E-state index in [1.54, 1.807) is 24.3 Å². The van der Waals surface area contributed by atoms with Gasteiger partial charge in [-0.1, -0.05) is 18.2 Å². The summed E-state index contributed by atoms with van der Waals surface area (Å²) in [4.78, 5) is 0. The number of ether oxygens (including phenoxy) is 1. The molecule has 0 aliphatic carbocycles. The molecule has 3 nitrogen and oxygen atoms in total. The number of nitrogens with two attached hydrogens (primary N) is 1. The van der Waals surface area contributed by atoms with Crippen molar-refractivity contribution in [2.45, 2.75) is 25.1 Å². The number of rotatable bonds is 5. The van der Waals surface area contributed by atoms with Crippen molar-refractivity contribution in [3.63, 3.8) is 0 Å². The summed E-state index contributed by atoms with van der Waals surface area (Å²) < 4.78 is 41.5. The highest BCUT2D eigenvalue weighted by atomic mass is 19.4. The van der Waals surface area contributed by atoms with E-state index in [0.29, 0.717) is 11.3 Å². The number of benzene rings is 1. The third kappa shape index (κ3) is 4.24. The molecule has 1 aromatic rings. The van der Waals surface area contributed by atoms with E-state index in [1.165, 1.54) is 7.11 Å². The average Bonchev–Trinajstić information content (AvgIpc) is 2.29. The van der Waals surface area contributed by atoms with Gasteiger partial charge in [0.1, 0.15) is 5.75 Å². The van der Waals surface area contributed by atoms with Crippen LogP contribution < -0.4 is 16.0 Å². The predicted octanol–water partition coefficient (Wildman–Crippen LogP) is 2.54. The third-order valence-electron chi connectivity index (χ3n) is 2.43. The zero-order valence-corrected chi connectivity index (χ0v) is 9.42. The molecule has 0 spiro atoms. The van der Waals surface area contributed by atoms with Gasteiger partial charge >= 0.3 is 6.18 Å². The molecule has 6 heteroatoms. The Bertz CT molecular complexity index is 355. The number of hydrogen-bond acceptors (Lipinski definition) is 3. The Kier molecular flexibility index (Phi) is 4.77. The summed E-state index contributed by atoms with van der Waals surface area (Å²) in [6.45, 7) is 0. The molecule has 0 aromatic heterocycles. The second-order valence-corrected chi connectivity index (χ2v) is 3.62. The van der Waals surface area contributed by atoms with Crippen LogP contribution in [0.25, 0.3) is 0 Å². The fourth-order valence-corrected chi connectivity index (χ4v) is 1.59. The van der Waals surface area contributed by atoms with Gasteiger partial charge in [-0.2, -0.15) is 13.2 Å². The molecule has 0 radical (unpaired) electrons. The summed E-state index contributed by atoms with van der Waals surface area (Å²) >= 11 is 0. The molecule has 0 saturated carbocycles. The van der Waals surface area contributed by atoms with Crippen LogP contribution in [0.2, 0.25) is 0 Å². The highest BCUT2D eigenvalue weighted by Crippen LogP contribution is 2.31. The Morgan fingerprint density at radius 2 is 2.00 bits per heavy atom. The smallest absolute Gasteiger partial charge is 0.389 e. The van der Waals surface area contributed by atoms with Crippen LogP contribution in [0.15, 0.2) is 24.3 Å². The summed E-state index contributed by atoms with van der Waals surface area (Å²) in [7, 11) is 1.47. The van der Waals surface area contributed by atoms with Gasteiger partial charge in [0, 0.05) is 18.0 Å². The maximum atomic E-state index is 12.2. The van der Waals surface area contributed by atoms with Crippen molar-refractivity contribution >= 4 is 0 Å². The molecule has 3 N–H and O–H groups in total. The molecule has 96 valence electrons. The molecule has 1 rings (SSSR count). The standard InChI is InChI=1S/C11H15F3N2O/c1-17-10-5-3-2-4-8(10)9(16-15)6-7-11(12,13)14/h2-5,9,16H,6-7,15H2,1H3. The second-order valence-electron chi connectivity index (χ2n) is 3.62. The van der Waals surface area contributed by atoms with Gasteiger partial charge < -0.3 is 4.74 Å². The van der Waals surface area contributed by atoms with Crippen molar-refractivity contribution in [3.8, 4) is 5.75 Å². The lowest BCUT2D eigenvalue weighted by molar-refractivity contribution is -0.136. The normalized spacial score (nSPS) is 13.5. The van der Waals surface area contributed by atoms with Crippen LogP contribution in [0.5, 0.6) is 5.75 Å². The third-order valence-corrected chi connectivity index (χ3v) is 2.43. The largest absolute Gasteiger partial charge is 0.496 e. The number of nitrogens with one attached hydrogen (secondary N) is 1. The Balaban J connectivity index is 2.79. The Morgan fingerprint density at radius 3 is 2.53 bits per heavy atom. The van der Waals surface area contributed by atoms with Crippen molar-refractivity contribution in [1.29, 1.82) is 0 Å². The van der Waals surface area contributed by atoms with E-state index < -0.39 is 18.6 Å². The molecule has 0 heterocycles. The Labute approximate surface area is 97.7 Å². The lowest BCUT2D eigenvalue weighted by atomic mass is 10.0. The molecular weight excluding hydrogens is 233 g/mol. The summed E-state index contributed by atoms with van der Waals surface area (Å²) in [5.41, 5.74) is 3.01. The minimum absolute atomic E-state index is 0.125. The average molecular weight is 248 g/mol. The monoisotopic (exact) mass is 248 g/mol. The molecule has 17 heavy (non-hydrogen) atoms. The van der Waals surface area contributed by atoms with Gasteiger partial charge in [0.05, 0.1) is 7.11 Å². The number of hydrazine groups is 1. The van der Waals surface area contributed by atoms with Crippen LogP contribution in [-0.4, -0.2) is 13.3 Å². The van der Waals surface area contributed by atoms with Crippen molar-refractivity contribution in [2.75, 3.05) is 7.11 Å². The molecule has 1 aromatic carbocycles. The van der Waals surface area contributed by atoms with Gasteiger partial charge in [-0.25, -0.2) is 0 Å². The molecule has 0 bridgehead atoms. The fourth-order valence-electron chi connectivity index (χ4n) is 1.59. The first kappa shape index (κ1) is 13.8. The minimum Gasteiger partial charge on any atom is -0.496 e. The van der Waals surface area contributed by atoms with E-state index in [9.17, 15) is 13.2 Å². The van der Waals surface area contributed by atoms with Gasteiger partial charge in [0.2, 0.25) is 0 Å². The summed E-state index contributed by atoms with van der Waals surface area (Å²) in [5, 5.41) is 0. The summed E-state index contributed by atoms with van der Waals surface area (Å²) in [6, 6.07) is 6.29. The predicted molar refractivity (Wildman–Crippen MR) is 58.3 cm³/mol. The van der Waals surface area contributed by atoms with Crippen LogP contribution >= 0.6 is 0 Å². The maximum Gasteiger partial charge on any atom is 0.389 e. The lowest BCUT2D eigenvalue weighted by Crippen LogP contribution is -2.29. The zero-order chi connectivity index (χ0) is 12.9. The molecule has 0 amide bonds. The number of para-hydroxylation sites is 1. The lowest BCUT2D eigenvalue weighted by Gasteiger charge is -2.19. The van der Waals surface area contributed by atoms with E-state index in [-0.39, 0.29) is 6.42 Å². The van der Waals surface area contributed by atoms with Crippen LogP contribution in [0.4, 0.5) is 13.2 Å². The molecule has 0 saturated heterocycles. The highest BCUT2D eigenvalue weighted by molar-refractivity contribution is 5.35. The number of alkyl halides is 3. The first-order chi connectivity index (χ1) is 7.98. The Hall–Kier alpha value is -1.27. The molecule has 0 fully saturated rings. The van der Waals surface area contributed by atoms with Crippen LogP contribution in [0.1, 0.15) is 24.4 Å². The van der Waals surface area contributed by atoms with Crippen molar-refractivity contribution in [2.24, 2.45) is 5.84 Å². The van der Waals surface area contributed by atoms with Gasteiger partial charge in [-0.3, -0.25) is 11.3 Å². The van der Waals surface area contributed by atoms with E-state index in [0.717, 1.165) is 0 Å². The van der Waals surface area contributed by atoms with Crippen LogP contribution in [-0.2, 0) is 0 Å². The van der Waals surface area contributed by atoms with Gasteiger partial charge in [-0.05, 0) is 12.5 Å². The highest BCUT2D eigenvalue weighted by Gasteiger charge is 2.29. The molecule has 0 aliphatic heterocycles. The summed E-state index contributed by atoms with van der Waals surface area (Å²) in [5.74, 6) is 5.81. The second kappa shape index (κ2) is 5.88. The van der Waals surface area contributed by atoms with Gasteiger partial charge in [0.25, 0.3) is 0 Å². The van der Waals surface area contributed by atoms with E-state index >= 15 is 0 Å². The van der Waals surface area contributed by atoms with Gasteiger partial charge in [0.15, 0.2) is 0 Å². The van der Waals surface area contributed by atoms with Crippen molar-refractivity contribution in [3.05, 3.63) is 29.8 Å². The first-order valence-corrected chi connectivity index (χ1v) is 5.13. The van der Waals surface area contributed by atoms with E-state index in [1.807, 2.05) is 0 Å². The number of halogens is 3. The molecule has 0 aliphatic rings. The van der Waals surface area contributed by atoms with Crippen LogP contribution in [0, 0.1) is 0 Å². The molecule has 1 atom stereocenters. The minimum atomic E-state index is -4.18. The number of methoxy groups -OCH3 is 1. The SMILES string of the molecule is COc1ccccc1C(CCC(F)(F)F)NN. The maximum absolute atomic E-state index is 12.2. The van der Waals surface area contributed by atoms with Gasteiger partial charge in [-0.15, -0.1) is 0 Å². The van der Waals surface area contributed by atoms with Crippen molar-refractivity contribution < 1.29 is 17.9 Å². The number of hydrogen-bond donors (Lipinski definition) is 2. The summed E-state index contributed by atoms with van der Waals surface area (Å²) in [6.07, 6.45) is -5.20. The van der Waals surface area contributed by atoms with Crippen LogP contribution in [0.3, 0.4) is 0 Å². The topological polar surface area (TPSA) is 47.3 Å².